The van der Waals surface area contributed by atoms with Crippen LogP contribution in [0, 0.1) is 0 Å². The molecule has 0 radical (unpaired) electrons. The highest BCUT2D eigenvalue weighted by Gasteiger charge is 2.27. The van der Waals surface area contributed by atoms with E-state index in [2.05, 4.69) is 51.7 Å². The average Bonchev–Trinajstić information content (AvgIpc) is 2.18. The van der Waals surface area contributed by atoms with Crippen molar-refractivity contribution in [1.29, 1.82) is 0 Å². The quantitative estimate of drug-likeness (QED) is 0.589. The maximum absolute atomic E-state index is 2.41. The number of hydrogen-bond donors (Lipinski definition) is 0. The van der Waals surface area contributed by atoms with E-state index in [1.165, 1.54) is 12.8 Å². The Labute approximate surface area is 83.9 Å². The van der Waals surface area contributed by atoms with Gasteiger partial charge < -0.3 is 0 Å². The Morgan fingerprint density at radius 1 is 0.923 bits per heavy atom. The zero-order chi connectivity index (χ0) is 10.5. The van der Waals surface area contributed by atoms with E-state index in [0.717, 1.165) is 13.1 Å². The van der Waals surface area contributed by atoms with Crippen molar-refractivity contribution in [3.8, 4) is 0 Å². The van der Waals surface area contributed by atoms with Crippen molar-refractivity contribution < 1.29 is 0 Å². The highest BCUT2D eigenvalue weighted by atomic mass is 15.6. The Kier molecular flexibility index (Phi) is 5.57. The van der Waals surface area contributed by atoms with Crippen LogP contribution in [0.25, 0.3) is 0 Å². The lowest BCUT2D eigenvalue weighted by Gasteiger charge is -2.44. The molecule has 0 bridgehead atoms. The van der Waals surface area contributed by atoms with Gasteiger partial charge in [0.05, 0.1) is 0 Å². The van der Waals surface area contributed by atoms with Gasteiger partial charge in [-0.1, -0.05) is 27.7 Å². The Hall–Kier alpha value is -0.0800. The van der Waals surface area contributed by atoms with Crippen molar-refractivity contribution >= 4 is 0 Å². The molecule has 0 aliphatic carbocycles. The fraction of sp³-hybridized carbons (Fsp3) is 1.00. The summed E-state index contributed by atoms with van der Waals surface area (Å²) in [7, 11) is 2.21. The lowest BCUT2D eigenvalue weighted by Crippen LogP contribution is -2.52. The van der Waals surface area contributed by atoms with E-state index in [1.807, 2.05) is 0 Å². The summed E-state index contributed by atoms with van der Waals surface area (Å²) in [6, 6.07) is 0. The molecule has 2 heteroatoms. The van der Waals surface area contributed by atoms with Crippen LogP contribution in [0.3, 0.4) is 0 Å². The van der Waals surface area contributed by atoms with Crippen LogP contribution in [0.1, 0.15) is 47.5 Å². The molecule has 0 fully saturated rings. The summed E-state index contributed by atoms with van der Waals surface area (Å²) in [6.45, 7) is 13.5. The summed E-state index contributed by atoms with van der Waals surface area (Å²) < 4.78 is 0. The van der Waals surface area contributed by atoms with Crippen molar-refractivity contribution in [2.45, 2.75) is 53.0 Å². The molecule has 0 aromatic heterocycles. The van der Waals surface area contributed by atoms with Gasteiger partial charge in [0, 0.05) is 25.7 Å². The van der Waals surface area contributed by atoms with Crippen molar-refractivity contribution in [3.05, 3.63) is 0 Å². The molecule has 0 unspecified atom stereocenters. The second-order valence-electron chi connectivity index (χ2n) is 3.87. The molecule has 0 spiro atoms. The van der Waals surface area contributed by atoms with Gasteiger partial charge in [0.1, 0.15) is 0 Å². The number of hydrazine groups is 1. The molecular formula is C11H26N2. The van der Waals surface area contributed by atoms with E-state index in [-0.39, 0.29) is 0 Å². The summed E-state index contributed by atoms with van der Waals surface area (Å²) in [4.78, 5) is 0. The van der Waals surface area contributed by atoms with Gasteiger partial charge in [0.25, 0.3) is 0 Å². The van der Waals surface area contributed by atoms with Crippen molar-refractivity contribution in [2.24, 2.45) is 0 Å². The molecule has 0 heterocycles. The van der Waals surface area contributed by atoms with E-state index in [4.69, 9.17) is 0 Å². The maximum Gasteiger partial charge on any atom is 0.0320 e. The standard InChI is InChI=1S/C11H26N2/c1-7-11(5,8-2)12(6)13(9-3)10-4/h7-10H2,1-6H3. The highest BCUT2D eigenvalue weighted by molar-refractivity contribution is 4.79. The lowest BCUT2D eigenvalue weighted by atomic mass is 9.95. The fourth-order valence-electron chi connectivity index (χ4n) is 1.70. The number of nitrogens with zero attached hydrogens (tertiary/aromatic N) is 2. The molecule has 0 aromatic carbocycles. The van der Waals surface area contributed by atoms with Gasteiger partial charge in [-0.05, 0) is 19.8 Å². The Bertz CT molecular complexity index is 126. The largest absolute Gasteiger partial charge is 0.242 e. The van der Waals surface area contributed by atoms with Gasteiger partial charge >= 0.3 is 0 Å². The summed E-state index contributed by atoms with van der Waals surface area (Å²) in [5.41, 5.74) is 0.325. The Balaban J connectivity index is 4.42. The average molecular weight is 186 g/mol. The van der Waals surface area contributed by atoms with Gasteiger partial charge in [-0.3, -0.25) is 0 Å². The molecule has 0 saturated heterocycles. The highest BCUT2D eigenvalue weighted by Crippen LogP contribution is 2.22. The van der Waals surface area contributed by atoms with Crippen LogP contribution < -0.4 is 0 Å². The number of rotatable bonds is 6. The topological polar surface area (TPSA) is 6.48 Å². The van der Waals surface area contributed by atoms with Crippen molar-refractivity contribution in [2.75, 3.05) is 20.1 Å². The molecule has 0 amide bonds. The maximum atomic E-state index is 2.41. The second-order valence-corrected chi connectivity index (χ2v) is 3.87. The van der Waals surface area contributed by atoms with Gasteiger partial charge in [-0.2, -0.15) is 0 Å². The second kappa shape index (κ2) is 5.61. The molecule has 0 N–H and O–H groups in total. The van der Waals surface area contributed by atoms with E-state index in [1.54, 1.807) is 0 Å². The molecule has 0 aromatic rings. The van der Waals surface area contributed by atoms with Crippen molar-refractivity contribution in [3.63, 3.8) is 0 Å². The zero-order valence-corrected chi connectivity index (χ0v) is 10.2. The van der Waals surface area contributed by atoms with Gasteiger partial charge in [0.2, 0.25) is 0 Å². The van der Waals surface area contributed by atoms with Crippen LogP contribution in [0.15, 0.2) is 0 Å². The van der Waals surface area contributed by atoms with E-state index < -0.39 is 0 Å². The molecule has 0 rings (SSSR count). The van der Waals surface area contributed by atoms with Crippen LogP contribution >= 0.6 is 0 Å². The predicted octanol–water partition coefficient (Wildman–Crippen LogP) is 2.75. The first kappa shape index (κ1) is 12.9. The summed E-state index contributed by atoms with van der Waals surface area (Å²) in [5, 5.41) is 4.81. The minimum absolute atomic E-state index is 0.325. The first-order valence-corrected chi connectivity index (χ1v) is 5.54. The van der Waals surface area contributed by atoms with Crippen molar-refractivity contribution in [1.82, 2.24) is 10.0 Å². The van der Waals surface area contributed by atoms with Crippen LogP contribution in [0.5, 0.6) is 0 Å². The first-order chi connectivity index (χ1) is 6.05. The zero-order valence-electron chi connectivity index (χ0n) is 10.2. The Morgan fingerprint density at radius 3 is 1.54 bits per heavy atom. The van der Waals surface area contributed by atoms with Gasteiger partial charge in [-0.15, -0.1) is 0 Å². The fourth-order valence-corrected chi connectivity index (χ4v) is 1.70. The lowest BCUT2D eigenvalue weighted by molar-refractivity contribution is -0.0797. The molecule has 2 nitrogen and oxygen atoms in total. The first-order valence-electron chi connectivity index (χ1n) is 5.54. The Morgan fingerprint density at radius 2 is 1.31 bits per heavy atom. The molecule has 0 saturated carbocycles. The molecule has 80 valence electrons. The minimum Gasteiger partial charge on any atom is -0.242 e. The molecular weight excluding hydrogens is 160 g/mol. The van der Waals surface area contributed by atoms with Crippen LogP contribution in [0.2, 0.25) is 0 Å². The SMILES string of the molecule is CCN(CC)N(C)C(C)(CC)CC. The van der Waals surface area contributed by atoms with Gasteiger partial charge in [0.15, 0.2) is 0 Å². The molecule has 0 aliphatic heterocycles. The molecule has 0 aliphatic rings. The summed E-state index contributed by atoms with van der Waals surface area (Å²) >= 11 is 0. The van der Waals surface area contributed by atoms with E-state index in [0.29, 0.717) is 5.54 Å². The summed E-state index contributed by atoms with van der Waals surface area (Å²) in [6.07, 6.45) is 2.41. The van der Waals surface area contributed by atoms with E-state index >= 15 is 0 Å². The smallest absolute Gasteiger partial charge is 0.0320 e. The van der Waals surface area contributed by atoms with Crippen LogP contribution in [-0.4, -0.2) is 35.7 Å². The van der Waals surface area contributed by atoms with Crippen LogP contribution in [0.4, 0.5) is 0 Å². The minimum atomic E-state index is 0.325. The third-order valence-electron chi connectivity index (χ3n) is 3.46. The molecule has 13 heavy (non-hydrogen) atoms. The third kappa shape index (κ3) is 2.96. The number of hydrogen-bond acceptors (Lipinski definition) is 2. The third-order valence-corrected chi connectivity index (χ3v) is 3.46. The van der Waals surface area contributed by atoms with Crippen LogP contribution in [-0.2, 0) is 0 Å². The van der Waals surface area contributed by atoms with Gasteiger partial charge in [-0.25, -0.2) is 10.0 Å². The molecule has 0 atom stereocenters. The predicted molar refractivity (Wildman–Crippen MR) is 59.7 cm³/mol. The normalized spacial score (nSPS) is 12.9. The van der Waals surface area contributed by atoms with E-state index in [9.17, 15) is 0 Å². The summed E-state index contributed by atoms with van der Waals surface area (Å²) in [5.74, 6) is 0. The monoisotopic (exact) mass is 186 g/mol.